The lowest BCUT2D eigenvalue weighted by Crippen LogP contribution is -2.20. The fourth-order valence-electron chi connectivity index (χ4n) is 1.79. The van der Waals surface area contributed by atoms with Gasteiger partial charge in [0, 0.05) is 19.8 Å². The van der Waals surface area contributed by atoms with Gasteiger partial charge in [0.25, 0.3) is 0 Å². The highest BCUT2D eigenvalue weighted by molar-refractivity contribution is 5.19. The number of ether oxygens (including phenoxy) is 2. The van der Waals surface area contributed by atoms with Gasteiger partial charge >= 0.3 is 0 Å². The molecule has 0 heterocycles. The highest BCUT2D eigenvalue weighted by Gasteiger charge is 2.04. The summed E-state index contributed by atoms with van der Waals surface area (Å²) in [6.45, 7) is 5.02. The number of methoxy groups -OCH3 is 1. The summed E-state index contributed by atoms with van der Waals surface area (Å²) in [6, 6.07) is 6.89. The molecule has 0 fully saturated rings. The van der Waals surface area contributed by atoms with E-state index in [0.717, 1.165) is 31.6 Å². The minimum absolute atomic E-state index is 0.171. The summed E-state index contributed by atoms with van der Waals surface area (Å²) in [5.74, 6) is -0.183. The average molecular weight is 269 g/mol. The summed E-state index contributed by atoms with van der Waals surface area (Å²) >= 11 is 0. The smallest absolute Gasteiger partial charge is 0.123 e. The molecular formula is C15H24FNO2. The van der Waals surface area contributed by atoms with E-state index >= 15 is 0 Å². The van der Waals surface area contributed by atoms with E-state index in [1.807, 2.05) is 13.0 Å². The number of rotatable bonds is 10. The van der Waals surface area contributed by atoms with Gasteiger partial charge in [0.1, 0.15) is 5.82 Å². The van der Waals surface area contributed by atoms with Crippen molar-refractivity contribution in [3.63, 3.8) is 0 Å². The van der Waals surface area contributed by atoms with Gasteiger partial charge in [-0.25, -0.2) is 4.39 Å². The first-order chi connectivity index (χ1) is 9.24. The van der Waals surface area contributed by atoms with Crippen LogP contribution >= 0.6 is 0 Å². The molecule has 108 valence electrons. The monoisotopic (exact) mass is 269 g/mol. The first kappa shape index (κ1) is 16.1. The number of hydrogen-bond donors (Lipinski definition) is 1. The van der Waals surface area contributed by atoms with Crippen molar-refractivity contribution in [2.45, 2.75) is 25.8 Å². The Bertz CT molecular complexity index is 347. The average Bonchev–Trinajstić information content (AvgIpc) is 2.41. The standard InChI is InChI=1S/C15H24FNO2/c1-13(14-6-5-7-15(16)12-14)17-8-3-4-9-19-11-10-18-2/h5-7,12-13,17H,3-4,8-11H2,1-2H3. The predicted octanol–water partition coefficient (Wildman–Crippen LogP) is 2.92. The van der Waals surface area contributed by atoms with Gasteiger partial charge < -0.3 is 14.8 Å². The molecule has 1 atom stereocenters. The number of benzene rings is 1. The zero-order valence-corrected chi connectivity index (χ0v) is 11.8. The largest absolute Gasteiger partial charge is 0.382 e. The summed E-state index contributed by atoms with van der Waals surface area (Å²) in [5, 5.41) is 3.38. The van der Waals surface area contributed by atoms with Gasteiger partial charge in [0.15, 0.2) is 0 Å². The van der Waals surface area contributed by atoms with Gasteiger partial charge in [-0.15, -0.1) is 0 Å². The molecule has 1 rings (SSSR count). The van der Waals surface area contributed by atoms with E-state index in [1.54, 1.807) is 19.2 Å². The third-order valence-electron chi connectivity index (χ3n) is 2.95. The van der Waals surface area contributed by atoms with Crippen LogP contribution in [-0.2, 0) is 9.47 Å². The van der Waals surface area contributed by atoms with E-state index in [0.29, 0.717) is 13.2 Å². The van der Waals surface area contributed by atoms with E-state index < -0.39 is 0 Å². The zero-order chi connectivity index (χ0) is 13.9. The lowest BCUT2D eigenvalue weighted by molar-refractivity contribution is 0.0687. The van der Waals surface area contributed by atoms with Crippen molar-refractivity contribution in [3.8, 4) is 0 Å². The van der Waals surface area contributed by atoms with Crippen molar-refractivity contribution < 1.29 is 13.9 Å². The Labute approximate surface area is 115 Å². The van der Waals surface area contributed by atoms with Crippen molar-refractivity contribution in [1.29, 1.82) is 0 Å². The molecule has 0 aliphatic rings. The molecule has 0 aromatic heterocycles. The summed E-state index contributed by atoms with van der Waals surface area (Å²) < 4.78 is 23.3. The summed E-state index contributed by atoms with van der Waals surface area (Å²) in [7, 11) is 1.67. The molecule has 0 aliphatic heterocycles. The maximum absolute atomic E-state index is 13.1. The van der Waals surface area contributed by atoms with Gasteiger partial charge in [-0.05, 0) is 44.0 Å². The van der Waals surface area contributed by atoms with Crippen LogP contribution in [0.4, 0.5) is 4.39 Å². The second kappa shape index (κ2) is 9.89. The molecule has 0 saturated heterocycles. The second-order valence-electron chi connectivity index (χ2n) is 4.54. The molecule has 19 heavy (non-hydrogen) atoms. The molecule has 4 heteroatoms. The Morgan fingerprint density at radius 2 is 2.05 bits per heavy atom. The number of nitrogens with one attached hydrogen (secondary N) is 1. The molecule has 1 aromatic rings. The fourth-order valence-corrected chi connectivity index (χ4v) is 1.79. The molecule has 1 unspecified atom stereocenters. The molecule has 0 saturated carbocycles. The maximum atomic E-state index is 13.1. The predicted molar refractivity (Wildman–Crippen MR) is 74.7 cm³/mol. The van der Waals surface area contributed by atoms with E-state index in [1.165, 1.54) is 6.07 Å². The van der Waals surface area contributed by atoms with Gasteiger partial charge in [0.05, 0.1) is 13.2 Å². The van der Waals surface area contributed by atoms with Crippen LogP contribution < -0.4 is 5.32 Å². The van der Waals surface area contributed by atoms with Crippen LogP contribution in [0.25, 0.3) is 0 Å². The van der Waals surface area contributed by atoms with Crippen molar-refractivity contribution in [1.82, 2.24) is 5.32 Å². The van der Waals surface area contributed by atoms with Crippen LogP contribution in [0, 0.1) is 5.82 Å². The molecule has 3 nitrogen and oxygen atoms in total. The number of halogens is 1. The summed E-state index contributed by atoms with van der Waals surface area (Å²) in [6.07, 6.45) is 2.07. The second-order valence-corrected chi connectivity index (χ2v) is 4.54. The molecule has 0 aliphatic carbocycles. The maximum Gasteiger partial charge on any atom is 0.123 e. The zero-order valence-electron chi connectivity index (χ0n) is 11.8. The third kappa shape index (κ3) is 7.25. The van der Waals surface area contributed by atoms with Crippen LogP contribution in [0.2, 0.25) is 0 Å². The van der Waals surface area contributed by atoms with E-state index in [2.05, 4.69) is 5.32 Å². The van der Waals surface area contributed by atoms with E-state index in [4.69, 9.17) is 9.47 Å². The molecule has 0 bridgehead atoms. The molecule has 0 spiro atoms. The first-order valence-electron chi connectivity index (χ1n) is 6.79. The Balaban J connectivity index is 2.06. The third-order valence-corrected chi connectivity index (χ3v) is 2.95. The molecule has 0 amide bonds. The highest BCUT2D eigenvalue weighted by atomic mass is 19.1. The summed E-state index contributed by atoms with van der Waals surface area (Å²) in [4.78, 5) is 0. The fraction of sp³-hybridized carbons (Fsp3) is 0.600. The Hall–Kier alpha value is -0.970. The van der Waals surface area contributed by atoms with Crippen molar-refractivity contribution in [3.05, 3.63) is 35.6 Å². The Morgan fingerprint density at radius 1 is 1.21 bits per heavy atom. The van der Waals surface area contributed by atoms with Crippen LogP contribution in [0.3, 0.4) is 0 Å². The molecule has 0 radical (unpaired) electrons. The van der Waals surface area contributed by atoms with Crippen LogP contribution in [0.5, 0.6) is 0 Å². The van der Waals surface area contributed by atoms with Gasteiger partial charge in [-0.2, -0.15) is 0 Å². The first-order valence-corrected chi connectivity index (χ1v) is 6.79. The van der Waals surface area contributed by atoms with Crippen molar-refractivity contribution in [2.24, 2.45) is 0 Å². The quantitative estimate of drug-likeness (QED) is 0.662. The van der Waals surface area contributed by atoms with Crippen molar-refractivity contribution >= 4 is 0 Å². The SMILES string of the molecule is COCCOCCCCNC(C)c1cccc(F)c1. The molecular weight excluding hydrogens is 245 g/mol. The van der Waals surface area contributed by atoms with Crippen molar-refractivity contribution in [2.75, 3.05) is 33.5 Å². The highest BCUT2D eigenvalue weighted by Crippen LogP contribution is 2.13. The van der Waals surface area contributed by atoms with Crippen LogP contribution in [-0.4, -0.2) is 33.5 Å². The van der Waals surface area contributed by atoms with E-state index in [-0.39, 0.29) is 11.9 Å². The Morgan fingerprint density at radius 3 is 2.79 bits per heavy atom. The number of hydrogen-bond acceptors (Lipinski definition) is 3. The normalized spacial score (nSPS) is 12.6. The minimum Gasteiger partial charge on any atom is -0.382 e. The van der Waals surface area contributed by atoms with Gasteiger partial charge in [-0.1, -0.05) is 12.1 Å². The minimum atomic E-state index is -0.183. The molecule has 1 aromatic carbocycles. The lowest BCUT2D eigenvalue weighted by atomic mass is 10.1. The topological polar surface area (TPSA) is 30.5 Å². The lowest BCUT2D eigenvalue weighted by Gasteiger charge is -2.14. The number of unbranched alkanes of at least 4 members (excludes halogenated alkanes) is 1. The molecule has 1 N–H and O–H groups in total. The van der Waals surface area contributed by atoms with E-state index in [9.17, 15) is 4.39 Å². The van der Waals surface area contributed by atoms with Crippen LogP contribution in [0.1, 0.15) is 31.4 Å². The van der Waals surface area contributed by atoms with Gasteiger partial charge in [0.2, 0.25) is 0 Å². The summed E-state index contributed by atoms with van der Waals surface area (Å²) in [5.41, 5.74) is 0.983. The Kier molecular flexibility index (Phi) is 8.38. The van der Waals surface area contributed by atoms with Gasteiger partial charge in [-0.3, -0.25) is 0 Å². The van der Waals surface area contributed by atoms with Crippen LogP contribution in [0.15, 0.2) is 24.3 Å².